The molecule has 0 amide bonds. The van der Waals surface area contributed by atoms with Gasteiger partial charge in [0.2, 0.25) is 0 Å². The van der Waals surface area contributed by atoms with E-state index in [-0.39, 0.29) is 0 Å². The summed E-state index contributed by atoms with van der Waals surface area (Å²) in [5, 5.41) is 3.22. The molecule has 0 fully saturated rings. The molecule has 0 radical (unpaired) electrons. The first kappa shape index (κ1) is 13.2. The monoisotopic (exact) mass is 300 g/mol. The van der Waals surface area contributed by atoms with E-state index in [0.29, 0.717) is 15.6 Å². The molecule has 0 aromatic heterocycles. The number of carbonyl (C=O) groups excluding carboxylic acids is 1. The maximum absolute atomic E-state index is 11.4. The zero-order valence-electron chi connectivity index (χ0n) is 10.4. The molecule has 0 aliphatic rings. The molecule has 0 aliphatic carbocycles. The molecule has 3 aromatic rings. The summed E-state index contributed by atoms with van der Waals surface area (Å²) in [4.78, 5) is 11.4. The summed E-state index contributed by atoms with van der Waals surface area (Å²) in [6.45, 7) is 0. The van der Waals surface area contributed by atoms with Gasteiger partial charge in [0.25, 0.3) is 0 Å². The molecule has 1 nitrogen and oxygen atoms in total. The van der Waals surface area contributed by atoms with Crippen LogP contribution < -0.4 is 0 Å². The van der Waals surface area contributed by atoms with Crippen molar-refractivity contribution in [3.63, 3.8) is 0 Å². The molecule has 3 aromatic carbocycles. The second kappa shape index (κ2) is 5.28. The number of aldehydes is 1. The molecule has 20 heavy (non-hydrogen) atoms. The molecule has 0 saturated heterocycles. The first-order valence-corrected chi connectivity index (χ1v) is 6.88. The number of fused-ring (bicyclic) bond motifs is 1. The highest BCUT2D eigenvalue weighted by Crippen LogP contribution is 2.37. The Morgan fingerprint density at radius 3 is 2.50 bits per heavy atom. The van der Waals surface area contributed by atoms with E-state index in [1.807, 2.05) is 36.4 Å². The van der Waals surface area contributed by atoms with Gasteiger partial charge in [-0.15, -0.1) is 0 Å². The largest absolute Gasteiger partial charge is 0.298 e. The van der Waals surface area contributed by atoms with Crippen molar-refractivity contribution < 1.29 is 4.79 Å². The number of halogens is 2. The first-order valence-electron chi connectivity index (χ1n) is 6.13. The number of hydrogen-bond donors (Lipinski definition) is 0. The Bertz CT molecular complexity index is 809. The Balaban J connectivity index is 2.44. The van der Waals surface area contributed by atoms with Crippen LogP contribution in [-0.4, -0.2) is 6.29 Å². The van der Waals surface area contributed by atoms with Gasteiger partial charge in [0, 0.05) is 26.7 Å². The van der Waals surface area contributed by atoms with E-state index in [4.69, 9.17) is 23.2 Å². The van der Waals surface area contributed by atoms with Crippen molar-refractivity contribution >= 4 is 40.3 Å². The topological polar surface area (TPSA) is 17.1 Å². The van der Waals surface area contributed by atoms with Crippen molar-refractivity contribution in [3.05, 3.63) is 70.2 Å². The van der Waals surface area contributed by atoms with Crippen molar-refractivity contribution in [2.24, 2.45) is 0 Å². The Morgan fingerprint density at radius 2 is 1.70 bits per heavy atom. The van der Waals surface area contributed by atoms with Gasteiger partial charge in [-0.2, -0.15) is 0 Å². The third kappa shape index (κ3) is 2.20. The van der Waals surface area contributed by atoms with Gasteiger partial charge in [-0.1, -0.05) is 59.6 Å². The lowest BCUT2D eigenvalue weighted by Gasteiger charge is -2.12. The fourth-order valence-corrected chi connectivity index (χ4v) is 2.76. The Kier molecular flexibility index (Phi) is 3.47. The van der Waals surface area contributed by atoms with E-state index in [2.05, 4.69) is 0 Å². The Labute approximate surface area is 126 Å². The highest BCUT2D eigenvalue weighted by Gasteiger charge is 2.13. The van der Waals surface area contributed by atoms with E-state index >= 15 is 0 Å². The predicted octanol–water partition coefficient (Wildman–Crippen LogP) is 5.63. The standard InChI is InChI=1S/C17H10Cl2O/c18-13-7-8-16(19)15(9-13)17-12(10-20)6-5-11-3-1-2-4-14(11)17/h1-10H. The lowest BCUT2D eigenvalue weighted by molar-refractivity contribution is 0.112. The van der Waals surface area contributed by atoms with Gasteiger partial charge in [-0.25, -0.2) is 0 Å². The van der Waals surface area contributed by atoms with Gasteiger partial charge in [-0.05, 0) is 29.0 Å². The van der Waals surface area contributed by atoms with Crippen LogP contribution in [0.5, 0.6) is 0 Å². The van der Waals surface area contributed by atoms with E-state index in [1.54, 1.807) is 18.2 Å². The summed E-state index contributed by atoms with van der Waals surface area (Å²) in [7, 11) is 0. The molecule has 0 aliphatic heterocycles. The Hall–Kier alpha value is -1.83. The number of carbonyl (C=O) groups is 1. The molecule has 0 bridgehead atoms. The average molecular weight is 301 g/mol. The minimum Gasteiger partial charge on any atom is -0.298 e. The quantitative estimate of drug-likeness (QED) is 0.561. The van der Waals surface area contributed by atoms with E-state index in [1.165, 1.54) is 0 Å². The molecular formula is C17H10Cl2O. The van der Waals surface area contributed by atoms with E-state index in [9.17, 15) is 4.79 Å². The molecule has 98 valence electrons. The lowest BCUT2D eigenvalue weighted by atomic mass is 9.94. The molecule has 0 saturated carbocycles. The van der Waals surface area contributed by atoms with Crippen LogP contribution in [0, 0.1) is 0 Å². The second-order valence-corrected chi connectivity index (χ2v) is 5.34. The van der Waals surface area contributed by atoms with Crippen LogP contribution in [0.2, 0.25) is 10.0 Å². The molecule has 0 atom stereocenters. The van der Waals surface area contributed by atoms with Gasteiger partial charge < -0.3 is 0 Å². The summed E-state index contributed by atoms with van der Waals surface area (Å²) in [6.07, 6.45) is 0.846. The van der Waals surface area contributed by atoms with Crippen LogP contribution in [0.15, 0.2) is 54.6 Å². The normalized spacial score (nSPS) is 10.7. The summed E-state index contributed by atoms with van der Waals surface area (Å²) in [5.74, 6) is 0. The van der Waals surface area contributed by atoms with Crippen LogP contribution in [-0.2, 0) is 0 Å². The van der Waals surface area contributed by atoms with Crippen LogP contribution in [0.25, 0.3) is 21.9 Å². The Morgan fingerprint density at radius 1 is 0.900 bits per heavy atom. The molecule has 0 N–H and O–H groups in total. The maximum Gasteiger partial charge on any atom is 0.150 e. The van der Waals surface area contributed by atoms with Crippen LogP contribution in [0.1, 0.15) is 10.4 Å². The number of rotatable bonds is 2. The average Bonchev–Trinajstić information content (AvgIpc) is 2.48. The molecule has 0 unspecified atom stereocenters. The second-order valence-electron chi connectivity index (χ2n) is 4.49. The van der Waals surface area contributed by atoms with Gasteiger partial charge in [0.1, 0.15) is 0 Å². The molecular weight excluding hydrogens is 291 g/mol. The maximum atomic E-state index is 11.4. The van der Waals surface area contributed by atoms with E-state index in [0.717, 1.165) is 28.2 Å². The molecule has 0 spiro atoms. The fourth-order valence-electron chi connectivity index (χ4n) is 2.38. The third-order valence-electron chi connectivity index (χ3n) is 3.29. The van der Waals surface area contributed by atoms with Gasteiger partial charge in [-0.3, -0.25) is 4.79 Å². The van der Waals surface area contributed by atoms with Gasteiger partial charge in [0.15, 0.2) is 6.29 Å². The number of hydrogen-bond acceptors (Lipinski definition) is 1. The van der Waals surface area contributed by atoms with Gasteiger partial charge >= 0.3 is 0 Å². The zero-order chi connectivity index (χ0) is 14.1. The summed E-state index contributed by atoms with van der Waals surface area (Å²) in [5.41, 5.74) is 2.21. The van der Waals surface area contributed by atoms with E-state index < -0.39 is 0 Å². The molecule has 3 heteroatoms. The SMILES string of the molecule is O=Cc1ccc2ccccc2c1-c1cc(Cl)ccc1Cl. The minimum absolute atomic E-state index is 0.578. The summed E-state index contributed by atoms with van der Waals surface area (Å²) in [6, 6.07) is 16.9. The van der Waals surface area contributed by atoms with Crippen LogP contribution >= 0.6 is 23.2 Å². The van der Waals surface area contributed by atoms with Crippen molar-refractivity contribution in [2.75, 3.05) is 0 Å². The smallest absolute Gasteiger partial charge is 0.150 e. The van der Waals surface area contributed by atoms with Crippen molar-refractivity contribution in [3.8, 4) is 11.1 Å². The minimum atomic E-state index is 0.578. The third-order valence-corrected chi connectivity index (χ3v) is 3.85. The first-order chi connectivity index (χ1) is 9.70. The van der Waals surface area contributed by atoms with Gasteiger partial charge in [0.05, 0.1) is 0 Å². The van der Waals surface area contributed by atoms with Crippen molar-refractivity contribution in [2.45, 2.75) is 0 Å². The van der Waals surface area contributed by atoms with Crippen molar-refractivity contribution in [1.82, 2.24) is 0 Å². The number of benzene rings is 3. The lowest BCUT2D eigenvalue weighted by Crippen LogP contribution is -1.91. The fraction of sp³-hybridized carbons (Fsp3) is 0. The highest BCUT2D eigenvalue weighted by molar-refractivity contribution is 6.36. The molecule has 3 rings (SSSR count). The molecule has 0 heterocycles. The van der Waals surface area contributed by atoms with Crippen molar-refractivity contribution in [1.29, 1.82) is 0 Å². The van der Waals surface area contributed by atoms with Crippen LogP contribution in [0.3, 0.4) is 0 Å². The zero-order valence-corrected chi connectivity index (χ0v) is 11.9. The predicted molar refractivity (Wildman–Crippen MR) is 84.8 cm³/mol. The summed E-state index contributed by atoms with van der Waals surface area (Å²) < 4.78 is 0. The highest BCUT2D eigenvalue weighted by atomic mass is 35.5. The van der Waals surface area contributed by atoms with Crippen LogP contribution in [0.4, 0.5) is 0 Å². The summed E-state index contributed by atoms with van der Waals surface area (Å²) >= 11 is 12.4.